The molecular weight excluding hydrogens is 266 g/mol. The molecule has 1 aromatic rings. The summed E-state index contributed by atoms with van der Waals surface area (Å²) in [6.07, 6.45) is 5.44. The maximum Gasteiger partial charge on any atom is 0.303 e. The van der Waals surface area contributed by atoms with E-state index in [1.54, 1.807) is 12.1 Å². The van der Waals surface area contributed by atoms with Crippen LogP contribution in [-0.2, 0) is 11.2 Å². The van der Waals surface area contributed by atoms with Crippen LogP contribution in [0.15, 0.2) is 24.3 Å². The predicted octanol–water partition coefficient (Wildman–Crippen LogP) is 3.04. The van der Waals surface area contributed by atoms with E-state index < -0.39 is 5.97 Å². The first kappa shape index (κ1) is 15.8. The second-order valence-electron chi connectivity index (χ2n) is 6.04. The van der Waals surface area contributed by atoms with E-state index >= 15 is 0 Å². The number of nitrogens with zero attached hydrogens (tertiary/aromatic N) is 1. The van der Waals surface area contributed by atoms with Crippen molar-refractivity contribution in [2.75, 3.05) is 6.54 Å². The maximum absolute atomic E-state index is 10.8. The molecule has 0 aromatic heterocycles. The summed E-state index contributed by atoms with van der Waals surface area (Å²) < 4.78 is 0. The van der Waals surface area contributed by atoms with Crippen LogP contribution in [0.4, 0.5) is 0 Å². The third-order valence-electron chi connectivity index (χ3n) is 4.40. The second-order valence-corrected chi connectivity index (χ2v) is 6.04. The normalized spacial score (nSPS) is 21.1. The Balaban J connectivity index is 1.95. The maximum atomic E-state index is 10.8. The number of hydrogen-bond acceptors (Lipinski definition) is 3. The van der Waals surface area contributed by atoms with Crippen molar-refractivity contribution in [2.45, 2.75) is 57.5 Å². The van der Waals surface area contributed by atoms with Crippen molar-refractivity contribution in [3.8, 4) is 5.75 Å². The highest BCUT2D eigenvalue weighted by atomic mass is 16.4. The van der Waals surface area contributed by atoms with Crippen LogP contribution in [0.25, 0.3) is 0 Å². The number of phenolic OH excluding ortho intramolecular Hbond substituents is 1. The fourth-order valence-electron chi connectivity index (χ4n) is 3.29. The Labute approximate surface area is 126 Å². The highest BCUT2D eigenvalue weighted by Crippen LogP contribution is 2.25. The van der Waals surface area contributed by atoms with Gasteiger partial charge >= 0.3 is 5.97 Å². The molecule has 0 radical (unpaired) electrons. The first-order chi connectivity index (χ1) is 10.1. The standard InChI is InChI=1S/C17H25NO3/c1-13(12-14-5-8-16(19)9-6-14)18-11-3-2-4-15(18)7-10-17(20)21/h5-6,8-9,13,15,19H,2-4,7,10-12H2,1H3,(H,20,21). The molecule has 21 heavy (non-hydrogen) atoms. The summed E-state index contributed by atoms with van der Waals surface area (Å²) in [4.78, 5) is 13.3. The van der Waals surface area contributed by atoms with Crippen molar-refractivity contribution < 1.29 is 15.0 Å². The Morgan fingerprint density at radius 2 is 2.05 bits per heavy atom. The number of carboxylic acid groups (broad SMARTS) is 1. The van der Waals surface area contributed by atoms with Crippen molar-refractivity contribution in [3.05, 3.63) is 29.8 Å². The minimum atomic E-state index is -0.702. The number of carboxylic acids is 1. The van der Waals surface area contributed by atoms with Gasteiger partial charge in [-0.05, 0) is 56.8 Å². The molecule has 1 aromatic carbocycles. The van der Waals surface area contributed by atoms with Crippen LogP contribution < -0.4 is 0 Å². The van der Waals surface area contributed by atoms with Crippen LogP contribution in [0.1, 0.15) is 44.6 Å². The van der Waals surface area contributed by atoms with Crippen LogP contribution in [0.5, 0.6) is 5.75 Å². The fraction of sp³-hybridized carbons (Fsp3) is 0.588. The summed E-state index contributed by atoms with van der Waals surface area (Å²) in [6, 6.07) is 8.15. The Kier molecular flexibility index (Phi) is 5.62. The molecule has 1 heterocycles. The summed E-state index contributed by atoms with van der Waals surface area (Å²) in [6.45, 7) is 3.27. The monoisotopic (exact) mass is 291 g/mol. The van der Waals surface area contributed by atoms with Gasteiger partial charge in [0.15, 0.2) is 0 Å². The van der Waals surface area contributed by atoms with Gasteiger partial charge < -0.3 is 10.2 Å². The van der Waals surface area contributed by atoms with E-state index in [-0.39, 0.29) is 6.42 Å². The molecule has 1 aliphatic rings. The molecule has 4 nitrogen and oxygen atoms in total. The van der Waals surface area contributed by atoms with Crippen molar-refractivity contribution in [1.29, 1.82) is 0 Å². The van der Waals surface area contributed by atoms with Crippen molar-refractivity contribution in [2.24, 2.45) is 0 Å². The van der Waals surface area contributed by atoms with Crippen LogP contribution in [0.2, 0.25) is 0 Å². The molecule has 116 valence electrons. The topological polar surface area (TPSA) is 60.8 Å². The summed E-state index contributed by atoms with van der Waals surface area (Å²) in [5.74, 6) is -0.407. The van der Waals surface area contributed by atoms with Crippen LogP contribution in [-0.4, -0.2) is 39.7 Å². The van der Waals surface area contributed by atoms with Gasteiger partial charge in [0, 0.05) is 18.5 Å². The lowest BCUT2D eigenvalue weighted by Crippen LogP contribution is -2.46. The molecule has 0 aliphatic carbocycles. The van der Waals surface area contributed by atoms with Crippen molar-refractivity contribution in [3.63, 3.8) is 0 Å². The number of benzene rings is 1. The first-order valence-corrected chi connectivity index (χ1v) is 7.81. The fourth-order valence-corrected chi connectivity index (χ4v) is 3.29. The number of phenols is 1. The predicted molar refractivity (Wildman–Crippen MR) is 82.5 cm³/mol. The van der Waals surface area contributed by atoms with Gasteiger partial charge in [-0.2, -0.15) is 0 Å². The van der Waals surface area contributed by atoms with Gasteiger partial charge in [-0.3, -0.25) is 9.69 Å². The van der Waals surface area contributed by atoms with E-state index in [1.165, 1.54) is 18.4 Å². The molecule has 0 bridgehead atoms. The Morgan fingerprint density at radius 3 is 2.71 bits per heavy atom. The van der Waals surface area contributed by atoms with Crippen LogP contribution >= 0.6 is 0 Å². The third kappa shape index (κ3) is 4.74. The minimum Gasteiger partial charge on any atom is -0.508 e. The zero-order valence-electron chi connectivity index (χ0n) is 12.7. The molecular formula is C17H25NO3. The van der Waals surface area contributed by atoms with Crippen LogP contribution in [0.3, 0.4) is 0 Å². The number of likely N-dealkylation sites (tertiary alicyclic amines) is 1. The molecule has 2 atom stereocenters. The largest absolute Gasteiger partial charge is 0.508 e. The zero-order chi connectivity index (χ0) is 15.2. The molecule has 1 fully saturated rings. The Morgan fingerprint density at radius 1 is 1.33 bits per heavy atom. The highest BCUT2D eigenvalue weighted by molar-refractivity contribution is 5.66. The molecule has 0 spiro atoms. The smallest absolute Gasteiger partial charge is 0.303 e. The number of aromatic hydroxyl groups is 1. The molecule has 1 saturated heterocycles. The van der Waals surface area contributed by atoms with Gasteiger partial charge in [-0.25, -0.2) is 0 Å². The van der Waals surface area contributed by atoms with Gasteiger partial charge in [0.1, 0.15) is 5.75 Å². The number of hydrogen-bond donors (Lipinski definition) is 2. The van der Waals surface area contributed by atoms with Gasteiger partial charge in [0.05, 0.1) is 0 Å². The van der Waals surface area contributed by atoms with Gasteiger partial charge in [-0.15, -0.1) is 0 Å². The van der Waals surface area contributed by atoms with E-state index in [9.17, 15) is 9.90 Å². The quantitative estimate of drug-likeness (QED) is 0.845. The van der Waals surface area contributed by atoms with E-state index in [2.05, 4.69) is 11.8 Å². The lowest BCUT2D eigenvalue weighted by Gasteiger charge is -2.40. The number of piperidine rings is 1. The summed E-state index contributed by atoms with van der Waals surface area (Å²) >= 11 is 0. The van der Waals surface area contributed by atoms with Crippen molar-refractivity contribution >= 4 is 5.97 Å². The first-order valence-electron chi connectivity index (χ1n) is 7.81. The molecule has 0 saturated carbocycles. The van der Waals surface area contributed by atoms with Gasteiger partial charge in [0.2, 0.25) is 0 Å². The molecule has 2 N–H and O–H groups in total. The Bertz CT molecular complexity index is 458. The third-order valence-corrected chi connectivity index (χ3v) is 4.40. The number of rotatable bonds is 6. The molecule has 1 aliphatic heterocycles. The summed E-state index contributed by atoms with van der Waals surface area (Å²) in [5, 5.41) is 18.2. The van der Waals surface area contributed by atoms with E-state index in [0.717, 1.165) is 25.8 Å². The lowest BCUT2D eigenvalue weighted by atomic mass is 9.94. The summed E-state index contributed by atoms with van der Waals surface area (Å²) in [5.41, 5.74) is 1.21. The van der Waals surface area contributed by atoms with Gasteiger partial charge in [0.25, 0.3) is 0 Å². The molecule has 2 rings (SSSR count). The van der Waals surface area contributed by atoms with E-state index in [1.807, 2.05) is 12.1 Å². The van der Waals surface area contributed by atoms with Gasteiger partial charge in [-0.1, -0.05) is 18.6 Å². The zero-order valence-corrected chi connectivity index (χ0v) is 12.7. The van der Waals surface area contributed by atoms with Crippen molar-refractivity contribution in [1.82, 2.24) is 4.90 Å². The number of carbonyl (C=O) groups is 1. The summed E-state index contributed by atoms with van der Waals surface area (Å²) in [7, 11) is 0. The van der Waals surface area contributed by atoms with E-state index in [4.69, 9.17) is 5.11 Å². The van der Waals surface area contributed by atoms with E-state index in [0.29, 0.717) is 17.8 Å². The molecule has 0 amide bonds. The Hall–Kier alpha value is -1.55. The SMILES string of the molecule is CC(Cc1ccc(O)cc1)N1CCCCC1CCC(=O)O. The average Bonchev–Trinajstić information content (AvgIpc) is 2.47. The highest BCUT2D eigenvalue weighted by Gasteiger charge is 2.26. The second kappa shape index (κ2) is 7.46. The lowest BCUT2D eigenvalue weighted by molar-refractivity contribution is -0.137. The number of aliphatic carboxylic acids is 1. The molecule has 4 heteroatoms. The molecule has 2 unspecified atom stereocenters. The minimum absolute atomic E-state index is 0.257. The average molecular weight is 291 g/mol. The van der Waals surface area contributed by atoms with Crippen LogP contribution in [0, 0.1) is 0 Å².